The summed E-state index contributed by atoms with van der Waals surface area (Å²) in [5.41, 5.74) is 5.32. The molecule has 8 heteroatoms. The van der Waals surface area contributed by atoms with Crippen LogP contribution >= 0.6 is 0 Å². The Bertz CT molecular complexity index is 771. The Labute approximate surface area is 131 Å². The fraction of sp³-hybridized carbons (Fsp3) is 0.0667. The Morgan fingerprint density at radius 3 is 2.35 bits per heavy atom. The van der Waals surface area contributed by atoms with Gasteiger partial charge in [-0.1, -0.05) is 0 Å². The first-order valence-corrected chi connectivity index (χ1v) is 6.46. The van der Waals surface area contributed by atoms with Crippen LogP contribution in [0.25, 0.3) is 0 Å². The number of nitro groups is 1. The first kappa shape index (κ1) is 16.0. The zero-order valence-electron chi connectivity index (χ0n) is 12.1. The molecule has 2 amide bonds. The number of nitrogens with zero attached hydrogens (tertiary/aromatic N) is 1. The largest absolute Gasteiger partial charge is 0.497 e. The molecule has 2 aromatic rings. The highest BCUT2D eigenvalue weighted by molar-refractivity contribution is 6.07. The number of nitro benzene ring substituents is 1. The molecule has 0 aliphatic rings. The van der Waals surface area contributed by atoms with Crippen LogP contribution < -0.4 is 15.8 Å². The van der Waals surface area contributed by atoms with Gasteiger partial charge in [0, 0.05) is 17.3 Å². The molecule has 0 spiro atoms. The van der Waals surface area contributed by atoms with E-state index in [1.807, 2.05) is 0 Å². The van der Waals surface area contributed by atoms with Gasteiger partial charge in [-0.3, -0.25) is 19.7 Å². The SMILES string of the molecule is COc1ccc([N+](=O)[O-])c(C(=O)Nc2ccc(C(N)=O)cc2)c1. The molecule has 0 atom stereocenters. The Kier molecular flexibility index (Phi) is 4.55. The maximum atomic E-state index is 12.3. The summed E-state index contributed by atoms with van der Waals surface area (Å²) in [6.07, 6.45) is 0. The predicted octanol–water partition coefficient (Wildman–Crippen LogP) is 1.95. The normalized spacial score (nSPS) is 9.96. The molecule has 2 aromatic carbocycles. The lowest BCUT2D eigenvalue weighted by Crippen LogP contribution is -2.15. The second-order valence-electron chi connectivity index (χ2n) is 4.54. The number of nitrogens with one attached hydrogen (secondary N) is 1. The number of anilines is 1. The van der Waals surface area contributed by atoms with E-state index in [1.54, 1.807) is 0 Å². The zero-order chi connectivity index (χ0) is 17.0. The Morgan fingerprint density at radius 1 is 1.17 bits per heavy atom. The summed E-state index contributed by atoms with van der Waals surface area (Å²) in [4.78, 5) is 33.6. The number of hydrogen-bond donors (Lipinski definition) is 2. The quantitative estimate of drug-likeness (QED) is 0.644. The molecule has 0 unspecified atom stereocenters. The number of carbonyl (C=O) groups excluding carboxylic acids is 2. The number of rotatable bonds is 5. The molecule has 0 saturated heterocycles. The van der Waals surface area contributed by atoms with Crippen molar-refractivity contribution >= 4 is 23.2 Å². The van der Waals surface area contributed by atoms with Crippen LogP contribution in [0.2, 0.25) is 0 Å². The minimum atomic E-state index is -0.664. The third kappa shape index (κ3) is 3.62. The highest BCUT2D eigenvalue weighted by Crippen LogP contribution is 2.25. The summed E-state index contributed by atoms with van der Waals surface area (Å²) < 4.78 is 4.98. The Hall–Kier alpha value is -3.42. The molecule has 0 fully saturated rings. The van der Waals surface area contributed by atoms with E-state index in [0.29, 0.717) is 11.4 Å². The molecule has 118 valence electrons. The van der Waals surface area contributed by atoms with E-state index in [0.717, 1.165) is 0 Å². The number of benzene rings is 2. The van der Waals surface area contributed by atoms with E-state index in [1.165, 1.54) is 49.6 Å². The van der Waals surface area contributed by atoms with Gasteiger partial charge in [-0.25, -0.2) is 0 Å². The van der Waals surface area contributed by atoms with Crippen molar-refractivity contribution in [2.24, 2.45) is 5.73 Å². The molecule has 2 rings (SSSR count). The van der Waals surface area contributed by atoms with Crippen LogP contribution in [0.4, 0.5) is 11.4 Å². The first-order valence-electron chi connectivity index (χ1n) is 6.46. The highest BCUT2D eigenvalue weighted by atomic mass is 16.6. The Balaban J connectivity index is 2.29. The average molecular weight is 315 g/mol. The zero-order valence-corrected chi connectivity index (χ0v) is 12.1. The standard InChI is InChI=1S/C15H13N3O5/c1-23-11-6-7-13(18(21)22)12(8-11)15(20)17-10-4-2-9(3-5-10)14(16)19/h2-8H,1H3,(H2,16,19)(H,17,20). The van der Waals surface area contributed by atoms with Gasteiger partial charge in [0.05, 0.1) is 12.0 Å². The minimum absolute atomic E-state index is 0.131. The van der Waals surface area contributed by atoms with Crippen LogP contribution in [-0.4, -0.2) is 23.8 Å². The molecule has 0 saturated carbocycles. The van der Waals surface area contributed by atoms with Crippen LogP contribution in [0.3, 0.4) is 0 Å². The van der Waals surface area contributed by atoms with Crippen LogP contribution in [0.1, 0.15) is 20.7 Å². The third-order valence-electron chi connectivity index (χ3n) is 3.07. The fourth-order valence-electron chi connectivity index (χ4n) is 1.90. The monoisotopic (exact) mass is 315 g/mol. The van der Waals surface area contributed by atoms with Crippen molar-refractivity contribution in [1.29, 1.82) is 0 Å². The van der Waals surface area contributed by atoms with Crippen molar-refractivity contribution in [1.82, 2.24) is 0 Å². The highest BCUT2D eigenvalue weighted by Gasteiger charge is 2.21. The van der Waals surface area contributed by atoms with Crippen LogP contribution in [0.15, 0.2) is 42.5 Å². The van der Waals surface area contributed by atoms with Crippen molar-refractivity contribution in [2.75, 3.05) is 12.4 Å². The maximum absolute atomic E-state index is 12.3. The lowest BCUT2D eigenvalue weighted by Gasteiger charge is -2.08. The van der Waals surface area contributed by atoms with E-state index in [-0.39, 0.29) is 16.8 Å². The maximum Gasteiger partial charge on any atom is 0.282 e. The van der Waals surface area contributed by atoms with Gasteiger partial charge in [0.15, 0.2) is 0 Å². The van der Waals surface area contributed by atoms with E-state index >= 15 is 0 Å². The van der Waals surface area contributed by atoms with Gasteiger partial charge in [-0.15, -0.1) is 0 Å². The van der Waals surface area contributed by atoms with E-state index in [4.69, 9.17) is 10.5 Å². The molecule has 8 nitrogen and oxygen atoms in total. The van der Waals surface area contributed by atoms with Crippen LogP contribution in [0.5, 0.6) is 5.75 Å². The number of nitrogens with two attached hydrogens (primary N) is 1. The van der Waals surface area contributed by atoms with E-state index in [9.17, 15) is 19.7 Å². The number of methoxy groups -OCH3 is 1. The topological polar surface area (TPSA) is 125 Å². The summed E-state index contributed by atoms with van der Waals surface area (Å²) in [5, 5.41) is 13.6. The minimum Gasteiger partial charge on any atom is -0.497 e. The van der Waals surface area contributed by atoms with Crippen LogP contribution in [-0.2, 0) is 0 Å². The van der Waals surface area contributed by atoms with Gasteiger partial charge < -0.3 is 15.8 Å². The molecule has 3 N–H and O–H groups in total. The lowest BCUT2D eigenvalue weighted by atomic mass is 10.1. The van der Waals surface area contributed by atoms with Crippen molar-refractivity contribution in [3.63, 3.8) is 0 Å². The molecule has 0 aromatic heterocycles. The van der Waals surface area contributed by atoms with Gasteiger partial charge >= 0.3 is 0 Å². The summed E-state index contributed by atoms with van der Waals surface area (Å²) in [5.74, 6) is -0.932. The Morgan fingerprint density at radius 2 is 1.83 bits per heavy atom. The molecule has 23 heavy (non-hydrogen) atoms. The van der Waals surface area contributed by atoms with Crippen molar-refractivity contribution in [3.05, 3.63) is 63.7 Å². The molecular weight excluding hydrogens is 302 g/mol. The van der Waals surface area contributed by atoms with Crippen molar-refractivity contribution in [2.45, 2.75) is 0 Å². The molecule has 0 heterocycles. The predicted molar refractivity (Wildman–Crippen MR) is 82.6 cm³/mol. The summed E-state index contributed by atoms with van der Waals surface area (Å²) in [6, 6.07) is 9.72. The van der Waals surface area contributed by atoms with E-state index in [2.05, 4.69) is 5.32 Å². The second-order valence-corrected chi connectivity index (χ2v) is 4.54. The summed E-state index contributed by atoms with van der Waals surface area (Å²) in [7, 11) is 1.39. The number of ether oxygens (including phenoxy) is 1. The second kappa shape index (κ2) is 6.56. The van der Waals surface area contributed by atoms with Crippen LogP contribution in [0, 0.1) is 10.1 Å². The molecule has 0 bridgehead atoms. The van der Waals surface area contributed by atoms with Gasteiger partial charge in [-0.2, -0.15) is 0 Å². The summed E-state index contributed by atoms with van der Waals surface area (Å²) in [6.45, 7) is 0. The van der Waals surface area contributed by atoms with E-state index < -0.39 is 16.7 Å². The number of hydrogen-bond acceptors (Lipinski definition) is 5. The molecular formula is C15H13N3O5. The van der Waals surface area contributed by atoms with Gasteiger partial charge in [0.1, 0.15) is 11.3 Å². The molecule has 0 aliphatic heterocycles. The number of primary amides is 1. The third-order valence-corrected chi connectivity index (χ3v) is 3.07. The molecule has 0 radical (unpaired) electrons. The smallest absolute Gasteiger partial charge is 0.282 e. The van der Waals surface area contributed by atoms with Crippen molar-refractivity contribution in [3.8, 4) is 5.75 Å². The number of carbonyl (C=O) groups is 2. The average Bonchev–Trinajstić information content (AvgIpc) is 2.54. The van der Waals surface area contributed by atoms with Gasteiger partial charge in [-0.05, 0) is 36.4 Å². The lowest BCUT2D eigenvalue weighted by molar-refractivity contribution is -0.385. The van der Waals surface area contributed by atoms with Gasteiger partial charge in [0.25, 0.3) is 11.6 Å². The molecule has 0 aliphatic carbocycles. The number of amides is 2. The van der Waals surface area contributed by atoms with Gasteiger partial charge in [0.2, 0.25) is 5.91 Å². The fourth-order valence-corrected chi connectivity index (χ4v) is 1.90. The first-order chi connectivity index (χ1) is 10.9. The summed E-state index contributed by atoms with van der Waals surface area (Å²) >= 11 is 0. The van der Waals surface area contributed by atoms with Crippen molar-refractivity contribution < 1.29 is 19.2 Å².